The van der Waals surface area contributed by atoms with Crippen molar-refractivity contribution in [3.8, 4) is 11.3 Å². The summed E-state index contributed by atoms with van der Waals surface area (Å²) in [5.74, 6) is 2.29. The van der Waals surface area contributed by atoms with Crippen LogP contribution in [0.15, 0.2) is 42.6 Å². The Balaban J connectivity index is 2.24. The van der Waals surface area contributed by atoms with Gasteiger partial charge in [0, 0.05) is 17.1 Å². The Hall–Kier alpha value is -2.15. The van der Waals surface area contributed by atoms with Gasteiger partial charge in [-0.1, -0.05) is 79.7 Å². The Morgan fingerprint density at radius 2 is 1.27 bits per heavy atom. The quantitative estimate of drug-likeness (QED) is 0.386. The largest absolute Gasteiger partial charge is 0.255 e. The maximum atomic E-state index is 5.02. The van der Waals surface area contributed by atoms with E-state index in [1.54, 1.807) is 0 Å². The molecule has 0 aliphatic heterocycles. The van der Waals surface area contributed by atoms with Gasteiger partial charge < -0.3 is 0 Å². The fourth-order valence-electron chi connectivity index (χ4n) is 4.26. The van der Waals surface area contributed by atoms with Gasteiger partial charge in [-0.25, -0.2) is 0 Å². The van der Waals surface area contributed by atoms with Gasteiger partial charge in [0.15, 0.2) is 0 Å². The molecule has 160 valence electrons. The van der Waals surface area contributed by atoms with Crippen LogP contribution in [0.3, 0.4) is 0 Å². The molecule has 0 saturated heterocycles. The second-order valence-electron chi connectivity index (χ2n) is 10.4. The van der Waals surface area contributed by atoms with Crippen LogP contribution >= 0.6 is 0 Å². The van der Waals surface area contributed by atoms with Crippen molar-refractivity contribution in [2.75, 3.05) is 0 Å². The summed E-state index contributed by atoms with van der Waals surface area (Å²) < 4.78 is 0. The minimum Gasteiger partial charge on any atom is -0.255 e. The average molecular weight is 402 g/mol. The van der Waals surface area contributed by atoms with E-state index in [4.69, 9.17) is 4.98 Å². The maximum Gasteiger partial charge on any atom is 0.0780 e. The van der Waals surface area contributed by atoms with E-state index in [1.807, 2.05) is 0 Å². The van der Waals surface area contributed by atoms with Crippen LogP contribution in [0, 0.1) is 11.8 Å². The zero-order chi connectivity index (χ0) is 22.0. The van der Waals surface area contributed by atoms with Crippen molar-refractivity contribution < 1.29 is 0 Å². The molecule has 0 amide bonds. The lowest BCUT2D eigenvalue weighted by atomic mass is 9.89. The Labute approximate surface area is 183 Å². The third kappa shape index (κ3) is 5.12. The summed E-state index contributed by atoms with van der Waals surface area (Å²) in [6.07, 6.45) is 4.32. The molecule has 30 heavy (non-hydrogen) atoms. The van der Waals surface area contributed by atoms with Crippen molar-refractivity contribution in [3.05, 3.63) is 64.8 Å². The van der Waals surface area contributed by atoms with E-state index in [1.165, 1.54) is 38.6 Å². The Kier molecular flexibility index (Phi) is 7.01. The number of hydrogen-bond donors (Lipinski definition) is 0. The molecule has 3 rings (SSSR count). The minimum atomic E-state index is 0.506. The molecule has 0 aliphatic carbocycles. The SMILES string of the molecule is CC(C)Cc1ccc2c(-c3cc(C(C)C)cc(C(C)C)c3)ncc(CC(C)C)c2c1. The van der Waals surface area contributed by atoms with E-state index in [2.05, 4.69) is 98.0 Å². The Bertz CT molecular complexity index is 982. The number of nitrogens with zero attached hydrogens (tertiary/aromatic N) is 1. The first-order valence-corrected chi connectivity index (χ1v) is 11.7. The molecular formula is C29H39N. The predicted octanol–water partition coefficient (Wildman–Crippen LogP) is 8.55. The van der Waals surface area contributed by atoms with Crippen LogP contribution in [0.25, 0.3) is 22.0 Å². The lowest BCUT2D eigenvalue weighted by Gasteiger charge is -2.17. The van der Waals surface area contributed by atoms with E-state index >= 15 is 0 Å². The molecule has 0 atom stereocenters. The normalized spacial score (nSPS) is 12.1. The number of benzene rings is 2. The number of hydrogen-bond acceptors (Lipinski definition) is 1. The summed E-state index contributed by atoms with van der Waals surface area (Å²) in [6.45, 7) is 18.3. The van der Waals surface area contributed by atoms with Crippen LogP contribution in [0.1, 0.15) is 89.5 Å². The van der Waals surface area contributed by atoms with Gasteiger partial charge in [0.2, 0.25) is 0 Å². The highest BCUT2D eigenvalue weighted by molar-refractivity contribution is 5.97. The third-order valence-electron chi connectivity index (χ3n) is 5.89. The molecule has 1 heterocycles. The molecule has 0 aliphatic rings. The number of pyridine rings is 1. The third-order valence-corrected chi connectivity index (χ3v) is 5.89. The maximum absolute atomic E-state index is 5.02. The monoisotopic (exact) mass is 401 g/mol. The van der Waals surface area contributed by atoms with Gasteiger partial charge in [-0.15, -0.1) is 0 Å². The lowest BCUT2D eigenvalue weighted by molar-refractivity contribution is 0.645. The molecule has 3 aromatic rings. The molecular weight excluding hydrogens is 362 g/mol. The Morgan fingerprint density at radius 1 is 0.667 bits per heavy atom. The zero-order valence-electron chi connectivity index (χ0n) is 20.2. The Morgan fingerprint density at radius 3 is 1.80 bits per heavy atom. The first-order chi connectivity index (χ1) is 14.2. The van der Waals surface area contributed by atoms with Crippen LogP contribution in [-0.2, 0) is 12.8 Å². The summed E-state index contributed by atoms with van der Waals surface area (Å²) in [4.78, 5) is 5.02. The molecule has 1 aromatic heterocycles. The van der Waals surface area contributed by atoms with Gasteiger partial charge in [0.25, 0.3) is 0 Å². The van der Waals surface area contributed by atoms with Crippen LogP contribution in [0.5, 0.6) is 0 Å². The van der Waals surface area contributed by atoms with Crippen molar-refractivity contribution in [1.29, 1.82) is 0 Å². The topological polar surface area (TPSA) is 12.9 Å². The van der Waals surface area contributed by atoms with Gasteiger partial charge in [0.05, 0.1) is 5.69 Å². The van der Waals surface area contributed by atoms with E-state index in [-0.39, 0.29) is 0 Å². The summed E-state index contributed by atoms with van der Waals surface area (Å²) in [6, 6.07) is 14.1. The second kappa shape index (κ2) is 9.33. The average Bonchev–Trinajstić information content (AvgIpc) is 2.67. The minimum absolute atomic E-state index is 0.506. The smallest absolute Gasteiger partial charge is 0.0780 e. The van der Waals surface area contributed by atoms with Crippen LogP contribution in [0.2, 0.25) is 0 Å². The zero-order valence-corrected chi connectivity index (χ0v) is 20.2. The summed E-state index contributed by atoms with van der Waals surface area (Å²) in [5, 5.41) is 2.67. The van der Waals surface area contributed by atoms with Crippen molar-refractivity contribution in [2.45, 2.75) is 80.1 Å². The fraction of sp³-hybridized carbons (Fsp3) is 0.483. The molecule has 0 unspecified atom stereocenters. The predicted molar refractivity (Wildman–Crippen MR) is 132 cm³/mol. The number of rotatable bonds is 7. The number of fused-ring (bicyclic) bond motifs is 1. The first-order valence-electron chi connectivity index (χ1n) is 11.7. The van der Waals surface area contributed by atoms with E-state index in [0.29, 0.717) is 23.7 Å². The lowest BCUT2D eigenvalue weighted by Crippen LogP contribution is -2.01. The first kappa shape index (κ1) is 22.5. The highest BCUT2D eigenvalue weighted by Crippen LogP contribution is 2.34. The molecule has 1 nitrogen and oxygen atoms in total. The highest BCUT2D eigenvalue weighted by atomic mass is 14.7. The molecule has 0 fully saturated rings. The van der Waals surface area contributed by atoms with Gasteiger partial charge in [-0.3, -0.25) is 4.98 Å². The van der Waals surface area contributed by atoms with Crippen molar-refractivity contribution in [1.82, 2.24) is 4.98 Å². The van der Waals surface area contributed by atoms with E-state index in [0.717, 1.165) is 18.5 Å². The molecule has 0 radical (unpaired) electrons. The molecule has 0 spiro atoms. The molecule has 2 aromatic carbocycles. The van der Waals surface area contributed by atoms with Crippen molar-refractivity contribution in [2.24, 2.45) is 11.8 Å². The summed E-state index contributed by atoms with van der Waals surface area (Å²) in [7, 11) is 0. The molecule has 0 N–H and O–H groups in total. The van der Waals surface area contributed by atoms with Crippen LogP contribution in [0.4, 0.5) is 0 Å². The van der Waals surface area contributed by atoms with E-state index < -0.39 is 0 Å². The summed E-state index contributed by atoms with van der Waals surface area (Å²) in [5.41, 5.74) is 7.97. The van der Waals surface area contributed by atoms with Gasteiger partial charge in [-0.2, -0.15) is 0 Å². The van der Waals surface area contributed by atoms with Crippen LogP contribution in [-0.4, -0.2) is 4.98 Å². The van der Waals surface area contributed by atoms with E-state index in [9.17, 15) is 0 Å². The molecule has 1 heteroatoms. The fourth-order valence-corrected chi connectivity index (χ4v) is 4.26. The second-order valence-corrected chi connectivity index (χ2v) is 10.4. The van der Waals surface area contributed by atoms with Gasteiger partial charge in [-0.05, 0) is 76.3 Å². The molecule has 0 bridgehead atoms. The summed E-state index contributed by atoms with van der Waals surface area (Å²) >= 11 is 0. The van der Waals surface area contributed by atoms with Crippen molar-refractivity contribution in [3.63, 3.8) is 0 Å². The number of aromatic nitrogens is 1. The van der Waals surface area contributed by atoms with Crippen molar-refractivity contribution >= 4 is 10.8 Å². The molecule has 0 saturated carbocycles. The standard InChI is InChI=1S/C29H39N/c1-18(2)11-22-9-10-27-28(13-22)26(12-19(3)4)17-30-29(27)25-15-23(20(5)6)14-24(16-25)21(7)8/h9-10,13-21H,11-12H2,1-8H3. The van der Waals surface area contributed by atoms with Crippen LogP contribution < -0.4 is 0 Å². The van der Waals surface area contributed by atoms with Gasteiger partial charge in [0.1, 0.15) is 0 Å². The highest BCUT2D eigenvalue weighted by Gasteiger charge is 2.15. The van der Waals surface area contributed by atoms with Gasteiger partial charge >= 0.3 is 0 Å².